The molecule has 0 radical (unpaired) electrons. The third-order valence-electron chi connectivity index (χ3n) is 2.70. The fourth-order valence-electron chi connectivity index (χ4n) is 1.23. The molecule has 0 aliphatic heterocycles. The van der Waals surface area contributed by atoms with Crippen LogP contribution < -0.4 is 0 Å². The minimum atomic E-state index is -1.55. The predicted octanol–water partition coefficient (Wildman–Crippen LogP) is 2.97. The first kappa shape index (κ1) is 12.0. The molecule has 1 aromatic carbocycles. The largest absolute Gasteiger partial charge is 0.385 e. The summed E-state index contributed by atoms with van der Waals surface area (Å²) in [4.78, 5) is 0. The summed E-state index contributed by atoms with van der Waals surface area (Å²) in [7, 11) is 0. The Bertz CT molecular complexity index is 372. The lowest BCUT2D eigenvalue weighted by Gasteiger charge is -2.28. The van der Waals surface area contributed by atoms with Crippen molar-refractivity contribution in [3.63, 3.8) is 0 Å². The number of hydrogen-bond acceptors (Lipinski definition) is 1. The number of hydrogen-bond donors (Lipinski definition) is 1. The van der Waals surface area contributed by atoms with Crippen LogP contribution >= 0.6 is 0 Å². The fourth-order valence-corrected chi connectivity index (χ4v) is 1.23. The second-order valence-corrected chi connectivity index (χ2v) is 4.03. The van der Waals surface area contributed by atoms with Crippen molar-refractivity contribution >= 4 is 0 Å². The molecule has 1 unspecified atom stereocenters. The molecule has 0 bridgehead atoms. The van der Waals surface area contributed by atoms with Gasteiger partial charge in [-0.25, -0.2) is 13.2 Å². The Balaban J connectivity index is 3.34. The van der Waals surface area contributed by atoms with E-state index < -0.39 is 23.1 Å². The van der Waals surface area contributed by atoms with Crippen molar-refractivity contribution in [1.29, 1.82) is 0 Å². The number of halogens is 3. The van der Waals surface area contributed by atoms with Crippen molar-refractivity contribution in [3.8, 4) is 0 Å². The molecule has 84 valence electrons. The molecule has 0 fully saturated rings. The van der Waals surface area contributed by atoms with E-state index >= 15 is 0 Å². The maximum Gasteiger partial charge on any atom is 0.194 e. The summed E-state index contributed by atoms with van der Waals surface area (Å²) >= 11 is 0. The van der Waals surface area contributed by atoms with Crippen molar-refractivity contribution < 1.29 is 18.3 Å². The highest BCUT2D eigenvalue weighted by Gasteiger charge is 2.32. The van der Waals surface area contributed by atoms with Gasteiger partial charge in [0.1, 0.15) is 0 Å². The molecule has 1 rings (SSSR count). The van der Waals surface area contributed by atoms with Crippen LogP contribution in [0.25, 0.3) is 0 Å². The molecular formula is C11H13F3O. The molecule has 1 aromatic rings. The van der Waals surface area contributed by atoms with E-state index in [-0.39, 0.29) is 11.5 Å². The summed E-state index contributed by atoms with van der Waals surface area (Å²) in [6.45, 7) is 4.70. The van der Waals surface area contributed by atoms with Crippen LogP contribution in [0.1, 0.15) is 26.3 Å². The second-order valence-electron chi connectivity index (χ2n) is 4.03. The van der Waals surface area contributed by atoms with Gasteiger partial charge in [0.15, 0.2) is 17.5 Å². The summed E-state index contributed by atoms with van der Waals surface area (Å²) in [6, 6.07) is 1.87. The summed E-state index contributed by atoms with van der Waals surface area (Å²) in [5.74, 6) is -4.44. The van der Waals surface area contributed by atoms with E-state index in [1.807, 2.05) is 0 Å². The van der Waals surface area contributed by atoms with E-state index in [2.05, 4.69) is 0 Å². The SMILES string of the molecule is CC(C)C(C)(O)c1ccc(F)c(F)c1F. The molecule has 0 heterocycles. The normalized spacial score (nSPS) is 15.5. The molecule has 0 amide bonds. The van der Waals surface area contributed by atoms with Crippen LogP contribution in [0, 0.1) is 23.4 Å². The smallest absolute Gasteiger partial charge is 0.194 e. The minimum absolute atomic E-state index is 0.226. The van der Waals surface area contributed by atoms with Gasteiger partial charge in [-0.3, -0.25) is 0 Å². The Labute approximate surface area is 86.5 Å². The Kier molecular flexibility index (Phi) is 3.09. The van der Waals surface area contributed by atoms with Crippen molar-refractivity contribution in [2.24, 2.45) is 5.92 Å². The van der Waals surface area contributed by atoms with E-state index in [1.165, 1.54) is 6.92 Å². The van der Waals surface area contributed by atoms with Gasteiger partial charge in [-0.1, -0.05) is 19.9 Å². The number of aliphatic hydroxyl groups is 1. The predicted molar refractivity (Wildman–Crippen MR) is 50.7 cm³/mol. The lowest BCUT2D eigenvalue weighted by Crippen LogP contribution is -2.29. The average molecular weight is 218 g/mol. The van der Waals surface area contributed by atoms with Gasteiger partial charge in [0.25, 0.3) is 0 Å². The molecule has 0 aromatic heterocycles. The zero-order chi connectivity index (χ0) is 11.8. The van der Waals surface area contributed by atoms with Crippen molar-refractivity contribution in [3.05, 3.63) is 35.1 Å². The molecular weight excluding hydrogens is 205 g/mol. The molecule has 0 aliphatic carbocycles. The van der Waals surface area contributed by atoms with Crippen LogP contribution in [0.5, 0.6) is 0 Å². The highest BCUT2D eigenvalue weighted by atomic mass is 19.2. The maximum absolute atomic E-state index is 13.3. The molecule has 0 aliphatic rings. The highest BCUT2D eigenvalue weighted by molar-refractivity contribution is 5.26. The molecule has 0 spiro atoms. The Hall–Kier alpha value is -1.03. The molecule has 1 nitrogen and oxygen atoms in total. The summed E-state index contributed by atoms with van der Waals surface area (Å²) in [5, 5.41) is 9.93. The molecule has 15 heavy (non-hydrogen) atoms. The van der Waals surface area contributed by atoms with Gasteiger partial charge in [-0.2, -0.15) is 0 Å². The Morgan fingerprint density at radius 2 is 1.67 bits per heavy atom. The topological polar surface area (TPSA) is 20.2 Å². The van der Waals surface area contributed by atoms with Gasteiger partial charge < -0.3 is 5.11 Å². The molecule has 1 N–H and O–H groups in total. The monoisotopic (exact) mass is 218 g/mol. The zero-order valence-electron chi connectivity index (χ0n) is 8.81. The van der Waals surface area contributed by atoms with E-state index in [9.17, 15) is 18.3 Å². The van der Waals surface area contributed by atoms with Crippen LogP contribution in [0.2, 0.25) is 0 Å². The van der Waals surface area contributed by atoms with Gasteiger partial charge in [0.2, 0.25) is 0 Å². The summed E-state index contributed by atoms with van der Waals surface area (Å²) in [5.41, 5.74) is -1.74. The summed E-state index contributed by atoms with van der Waals surface area (Å²) in [6.07, 6.45) is 0. The molecule has 0 saturated heterocycles. The van der Waals surface area contributed by atoms with Gasteiger partial charge in [0, 0.05) is 5.56 Å². The Morgan fingerprint density at radius 1 is 1.13 bits per heavy atom. The fraction of sp³-hybridized carbons (Fsp3) is 0.455. The molecule has 1 atom stereocenters. The standard InChI is InChI=1S/C11H13F3O/c1-6(2)11(3,15)7-4-5-8(12)10(14)9(7)13/h4-6,15H,1-3H3. The van der Waals surface area contributed by atoms with Gasteiger partial charge in [-0.15, -0.1) is 0 Å². The first-order chi connectivity index (χ1) is 6.78. The van der Waals surface area contributed by atoms with Crippen LogP contribution in [0.15, 0.2) is 12.1 Å². The third kappa shape index (κ3) is 2.00. The van der Waals surface area contributed by atoms with Crippen LogP contribution in [0.3, 0.4) is 0 Å². The number of benzene rings is 1. The van der Waals surface area contributed by atoms with Crippen LogP contribution in [-0.4, -0.2) is 5.11 Å². The lowest BCUT2D eigenvalue weighted by molar-refractivity contribution is 0.00500. The van der Waals surface area contributed by atoms with E-state index in [4.69, 9.17) is 0 Å². The second kappa shape index (κ2) is 3.85. The highest BCUT2D eigenvalue weighted by Crippen LogP contribution is 2.32. The van der Waals surface area contributed by atoms with Crippen molar-refractivity contribution in [2.75, 3.05) is 0 Å². The zero-order valence-corrected chi connectivity index (χ0v) is 8.81. The third-order valence-corrected chi connectivity index (χ3v) is 2.70. The van der Waals surface area contributed by atoms with Crippen LogP contribution in [-0.2, 0) is 5.60 Å². The lowest BCUT2D eigenvalue weighted by atomic mass is 9.85. The van der Waals surface area contributed by atoms with E-state index in [1.54, 1.807) is 13.8 Å². The summed E-state index contributed by atoms with van der Waals surface area (Å²) < 4.78 is 38.9. The molecule has 0 saturated carbocycles. The first-order valence-electron chi connectivity index (χ1n) is 4.64. The van der Waals surface area contributed by atoms with E-state index in [0.717, 1.165) is 12.1 Å². The van der Waals surface area contributed by atoms with Gasteiger partial charge in [-0.05, 0) is 18.9 Å². The van der Waals surface area contributed by atoms with Gasteiger partial charge in [0.05, 0.1) is 5.60 Å². The Morgan fingerprint density at radius 3 is 2.13 bits per heavy atom. The van der Waals surface area contributed by atoms with Crippen molar-refractivity contribution in [1.82, 2.24) is 0 Å². The maximum atomic E-state index is 13.3. The minimum Gasteiger partial charge on any atom is -0.385 e. The van der Waals surface area contributed by atoms with Gasteiger partial charge >= 0.3 is 0 Å². The van der Waals surface area contributed by atoms with Crippen molar-refractivity contribution in [2.45, 2.75) is 26.4 Å². The quantitative estimate of drug-likeness (QED) is 0.756. The van der Waals surface area contributed by atoms with E-state index in [0.29, 0.717) is 0 Å². The first-order valence-corrected chi connectivity index (χ1v) is 4.64. The van der Waals surface area contributed by atoms with Crippen LogP contribution in [0.4, 0.5) is 13.2 Å². The average Bonchev–Trinajstić information content (AvgIpc) is 2.13. The number of rotatable bonds is 2. The molecule has 4 heteroatoms.